The molecule has 5 heteroatoms. The summed E-state index contributed by atoms with van der Waals surface area (Å²) in [4.78, 5) is 24.8. The highest BCUT2D eigenvalue weighted by atomic mass is 35.5. The molecular weight excluding hydrogens is 384 g/mol. The van der Waals surface area contributed by atoms with E-state index in [1.54, 1.807) is 24.3 Å². The lowest BCUT2D eigenvalue weighted by molar-refractivity contribution is -0.117. The summed E-state index contributed by atoms with van der Waals surface area (Å²) < 4.78 is 0. The van der Waals surface area contributed by atoms with E-state index >= 15 is 0 Å². The summed E-state index contributed by atoms with van der Waals surface area (Å²) in [5, 5.41) is 6.60. The zero-order chi connectivity index (χ0) is 20.2. The van der Waals surface area contributed by atoms with E-state index in [0.717, 1.165) is 24.0 Å². The van der Waals surface area contributed by atoms with Gasteiger partial charge >= 0.3 is 0 Å². The Morgan fingerprint density at radius 2 is 1.55 bits per heavy atom. The van der Waals surface area contributed by atoms with Gasteiger partial charge in [0.25, 0.3) is 5.91 Å². The zero-order valence-electron chi connectivity index (χ0n) is 15.8. The van der Waals surface area contributed by atoms with Crippen molar-refractivity contribution in [1.82, 2.24) is 5.32 Å². The minimum Gasteiger partial charge on any atom is -0.341 e. The number of benzene rings is 3. The fraction of sp³-hybridized carbons (Fsp3) is 0.167. The van der Waals surface area contributed by atoms with Crippen LogP contribution in [0.25, 0.3) is 0 Å². The highest BCUT2D eigenvalue weighted by Crippen LogP contribution is 2.30. The summed E-state index contributed by atoms with van der Waals surface area (Å²) in [6, 6.07) is 23.9. The predicted octanol–water partition coefficient (Wildman–Crippen LogP) is 5.21. The Bertz CT molecular complexity index is 1010. The number of nitrogens with one attached hydrogen (secondary N) is 2. The van der Waals surface area contributed by atoms with Crippen LogP contribution in [-0.4, -0.2) is 11.8 Å². The van der Waals surface area contributed by atoms with Crippen molar-refractivity contribution in [3.63, 3.8) is 0 Å². The number of hydrogen-bond acceptors (Lipinski definition) is 2. The molecule has 4 nitrogen and oxygen atoms in total. The first-order valence-electron chi connectivity index (χ1n) is 9.62. The van der Waals surface area contributed by atoms with E-state index in [4.69, 9.17) is 11.6 Å². The van der Waals surface area contributed by atoms with E-state index in [0.29, 0.717) is 16.3 Å². The molecule has 1 unspecified atom stereocenters. The monoisotopic (exact) mass is 404 g/mol. The van der Waals surface area contributed by atoms with Crippen molar-refractivity contribution in [3.8, 4) is 0 Å². The highest BCUT2D eigenvalue weighted by Gasteiger charge is 2.29. The largest absolute Gasteiger partial charge is 0.341 e. The van der Waals surface area contributed by atoms with Gasteiger partial charge in [-0.05, 0) is 60.4 Å². The molecular formula is C24H21ClN2O2. The van der Waals surface area contributed by atoms with Crippen LogP contribution in [0.5, 0.6) is 0 Å². The molecule has 0 saturated heterocycles. The highest BCUT2D eigenvalue weighted by molar-refractivity contribution is 6.30. The molecule has 146 valence electrons. The molecule has 0 aliphatic heterocycles. The van der Waals surface area contributed by atoms with Gasteiger partial charge in [-0.2, -0.15) is 0 Å². The minimum absolute atomic E-state index is 0.0484. The van der Waals surface area contributed by atoms with Crippen LogP contribution in [0.3, 0.4) is 0 Å². The number of carbonyl (C=O) groups is 2. The van der Waals surface area contributed by atoms with E-state index < -0.39 is 0 Å². The number of amides is 2. The van der Waals surface area contributed by atoms with Crippen LogP contribution in [-0.2, 0) is 4.79 Å². The Morgan fingerprint density at radius 1 is 0.862 bits per heavy atom. The van der Waals surface area contributed by atoms with Gasteiger partial charge in [-0.15, -0.1) is 0 Å². The van der Waals surface area contributed by atoms with Crippen molar-refractivity contribution >= 4 is 29.1 Å². The lowest BCUT2D eigenvalue weighted by Gasteiger charge is -2.20. The molecule has 1 atom stereocenters. The van der Waals surface area contributed by atoms with Gasteiger partial charge in [0, 0.05) is 22.2 Å². The van der Waals surface area contributed by atoms with Gasteiger partial charge in [0.2, 0.25) is 5.91 Å². The second-order valence-electron chi connectivity index (χ2n) is 7.21. The standard InChI is InChI=1S/C24H21ClN2O2/c25-20-8-4-7-19(15-20)22(16-5-2-1-3-6-16)27-24(29)18-11-13-21(14-12-18)26-23(28)17-9-10-17/h1-8,11-15,17,22H,9-10H2,(H,26,28)(H,27,29). The fourth-order valence-corrected chi connectivity index (χ4v) is 3.40. The van der Waals surface area contributed by atoms with Gasteiger partial charge in [-0.3, -0.25) is 9.59 Å². The van der Waals surface area contributed by atoms with Crippen LogP contribution < -0.4 is 10.6 Å². The van der Waals surface area contributed by atoms with Crippen molar-refractivity contribution in [2.75, 3.05) is 5.32 Å². The smallest absolute Gasteiger partial charge is 0.252 e. The van der Waals surface area contributed by atoms with Gasteiger partial charge in [-0.25, -0.2) is 0 Å². The van der Waals surface area contributed by atoms with Crippen molar-refractivity contribution in [2.45, 2.75) is 18.9 Å². The molecule has 1 fully saturated rings. The molecule has 1 saturated carbocycles. The number of anilines is 1. The number of hydrogen-bond donors (Lipinski definition) is 2. The van der Waals surface area contributed by atoms with Crippen LogP contribution in [0, 0.1) is 5.92 Å². The molecule has 0 aromatic heterocycles. The summed E-state index contributed by atoms with van der Waals surface area (Å²) in [6.07, 6.45) is 1.91. The van der Waals surface area contributed by atoms with E-state index in [9.17, 15) is 9.59 Å². The van der Waals surface area contributed by atoms with Crippen LogP contribution >= 0.6 is 11.6 Å². The average Bonchev–Trinajstić information content (AvgIpc) is 3.58. The third-order valence-corrected chi connectivity index (χ3v) is 5.19. The Balaban J connectivity index is 1.52. The van der Waals surface area contributed by atoms with Crippen molar-refractivity contribution in [1.29, 1.82) is 0 Å². The maximum Gasteiger partial charge on any atom is 0.252 e. The van der Waals surface area contributed by atoms with Gasteiger partial charge in [0.1, 0.15) is 0 Å². The molecule has 0 spiro atoms. The number of carbonyl (C=O) groups excluding carboxylic acids is 2. The topological polar surface area (TPSA) is 58.2 Å². The second kappa shape index (κ2) is 8.50. The number of halogens is 1. The Morgan fingerprint density at radius 3 is 2.21 bits per heavy atom. The van der Waals surface area contributed by atoms with E-state index in [1.165, 1.54) is 0 Å². The van der Waals surface area contributed by atoms with Crippen molar-refractivity contribution in [3.05, 3.63) is 101 Å². The summed E-state index contributed by atoms with van der Waals surface area (Å²) in [5.74, 6) is -0.00602. The van der Waals surface area contributed by atoms with Crippen LogP contribution in [0.2, 0.25) is 5.02 Å². The Kier molecular flexibility index (Phi) is 5.63. The molecule has 3 aromatic rings. The maximum absolute atomic E-state index is 12.9. The molecule has 1 aliphatic rings. The summed E-state index contributed by atoms with van der Waals surface area (Å²) in [7, 11) is 0. The molecule has 0 heterocycles. The molecule has 4 rings (SSSR count). The summed E-state index contributed by atoms with van der Waals surface area (Å²) in [6.45, 7) is 0. The third kappa shape index (κ3) is 4.84. The minimum atomic E-state index is -0.323. The summed E-state index contributed by atoms with van der Waals surface area (Å²) in [5.41, 5.74) is 3.10. The van der Waals surface area contributed by atoms with Gasteiger partial charge in [-0.1, -0.05) is 54.1 Å². The Labute approximate surface area is 174 Å². The quantitative estimate of drug-likeness (QED) is 0.592. The molecule has 29 heavy (non-hydrogen) atoms. The van der Waals surface area contributed by atoms with Crippen molar-refractivity contribution in [2.24, 2.45) is 5.92 Å². The van der Waals surface area contributed by atoms with Gasteiger partial charge in [0.05, 0.1) is 6.04 Å². The predicted molar refractivity (Wildman–Crippen MR) is 115 cm³/mol. The molecule has 0 bridgehead atoms. The van der Waals surface area contributed by atoms with Gasteiger partial charge < -0.3 is 10.6 Å². The van der Waals surface area contributed by atoms with Crippen LogP contribution in [0.4, 0.5) is 5.69 Å². The van der Waals surface area contributed by atoms with Gasteiger partial charge in [0.15, 0.2) is 0 Å². The van der Waals surface area contributed by atoms with Crippen LogP contribution in [0.15, 0.2) is 78.9 Å². The van der Waals surface area contributed by atoms with Crippen LogP contribution in [0.1, 0.15) is 40.4 Å². The molecule has 0 radical (unpaired) electrons. The normalized spacial score (nSPS) is 14.1. The third-order valence-electron chi connectivity index (χ3n) is 4.95. The SMILES string of the molecule is O=C(NC(c1ccccc1)c1cccc(Cl)c1)c1ccc(NC(=O)C2CC2)cc1. The van der Waals surface area contributed by atoms with Crippen molar-refractivity contribution < 1.29 is 9.59 Å². The fourth-order valence-electron chi connectivity index (χ4n) is 3.20. The maximum atomic E-state index is 12.9. The summed E-state index contributed by atoms with van der Waals surface area (Å²) >= 11 is 6.17. The lowest BCUT2D eigenvalue weighted by Crippen LogP contribution is -2.29. The van der Waals surface area contributed by atoms with E-state index in [-0.39, 0.29) is 23.8 Å². The lowest BCUT2D eigenvalue weighted by atomic mass is 9.98. The molecule has 1 aliphatic carbocycles. The average molecular weight is 405 g/mol. The Hall–Kier alpha value is -3.11. The molecule has 2 N–H and O–H groups in total. The van der Waals surface area contributed by atoms with E-state index in [1.807, 2.05) is 54.6 Å². The number of rotatable bonds is 6. The van der Waals surface area contributed by atoms with E-state index in [2.05, 4.69) is 10.6 Å². The first kappa shape index (κ1) is 19.2. The second-order valence-corrected chi connectivity index (χ2v) is 7.65. The first-order chi connectivity index (χ1) is 14.1. The molecule has 3 aromatic carbocycles. The zero-order valence-corrected chi connectivity index (χ0v) is 16.5. The first-order valence-corrected chi connectivity index (χ1v) is 10.00. The molecule has 2 amide bonds.